The number of carbonyl (C=O) groups excluding carboxylic acids is 1. The van der Waals surface area contributed by atoms with Crippen LogP contribution in [0.4, 0.5) is 0 Å². The average Bonchev–Trinajstić information content (AvgIpc) is 2.44. The summed E-state index contributed by atoms with van der Waals surface area (Å²) in [6.07, 6.45) is 2.55. The molecule has 1 N–H and O–H groups in total. The molecule has 5 heteroatoms. The lowest BCUT2D eigenvalue weighted by molar-refractivity contribution is -0.124. The first kappa shape index (κ1) is 17.1. The molecular formula is C19H18Cl2N2O. The van der Waals surface area contributed by atoms with Gasteiger partial charge in [-0.15, -0.1) is 0 Å². The van der Waals surface area contributed by atoms with Gasteiger partial charge in [0.1, 0.15) is 5.78 Å². The van der Waals surface area contributed by atoms with E-state index in [1.165, 1.54) is 0 Å². The molecule has 1 aromatic rings. The van der Waals surface area contributed by atoms with Crippen LogP contribution < -0.4 is 5.32 Å². The fourth-order valence-corrected chi connectivity index (χ4v) is 4.23. The molecule has 0 aromatic heterocycles. The second-order valence-electron chi connectivity index (χ2n) is 7.13. The Morgan fingerprint density at radius 3 is 2.62 bits per heavy atom. The molecule has 0 saturated heterocycles. The lowest BCUT2D eigenvalue weighted by Crippen LogP contribution is -2.42. The summed E-state index contributed by atoms with van der Waals surface area (Å²) in [4.78, 5) is 12.9. The van der Waals surface area contributed by atoms with E-state index in [-0.39, 0.29) is 17.1 Å². The molecule has 2 unspecified atom stereocenters. The van der Waals surface area contributed by atoms with Crippen molar-refractivity contribution in [1.29, 1.82) is 5.26 Å². The predicted octanol–water partition coefficient (Wildman–Crippen LogP) is 4.98. The molecule has 1 aliphatic heterocycles. The van der Waals surface area contributed by atoms with Crippen LogP contribution in [-0.4, -0.2) is 5.78 Å². The van der Waals surface area contributed by atoms with Crippen molar-refractivity contribution in [3.8, 4) is 6.07 Å². The Bertz CT molecular complexity index is 830. The van der Waals surface area contributed by atoms with Gasteiger partial charge in [-0.25, -0.2) is 0 Å². The minimum Gasteiger partial charge on any atom is -0.361 e. The summed E-state index contributed by atoms with van der Waals surface area (Å²) in [5.41, 5.74) is 2.75. The van der Waals surface area contributed by atoms with Gasteiger partial charge in [-0.3, -0.25) is 4.79 Å². The third-order valence-electron chi connectivity index (χ3n) is 4.66. The Labute approximate surface area is 151 Å². The number of rotatable bonds is 1. The van der Waals surface area contributed by atoms with Gasteiger partial charge in [-0.1, -0.05) is 49.2 Å². The third kappa shape index (κ3) is 2.85. The number of fused-ring (bicyclic) bond motifs is 1. The normalized spacial score (nSPS) is 25.5. The predicted molar refractivity (Wildman–Crippen MR) is 95.6 cm³/mol. The second kappa shape index (κ2) is 5.95. The first-order valence-electron chi connectivity index (χ1n) is 7.82. The number of hydrogen-bond acceptors (Lipinski definition) is 3. The number of nitrogens with zero attached hydrogens (tertiary/aromatic N) is 1. The highest BCUT2D eigenvalue weighted by Crippen LogP contribution is 2.48. The topological polar surface area (TPSA) is 52.9 Å². The number of halogens is 2. The monoisotopic (exact) mass is 360 g/mol. The summed E-state index contributed by atoms with van der Waals surface area (Å²) in [7, 11) is 0. The number of ketones is 1. The van der Waals surface area contributed by atoms with Gasteiger partial charge in [-0.2, -0.15) is 5.26 Å². The highest BCUT2D eigenvalue weighted by atomic mass is 35.5. The molecule has 0 bridgehead atoms. The number of nitriles is 1. The van der Waals surface area contributed by atoms with E-state index in [0.717, 1.165) is 17.0 Å². The molecule has 1 aliphatic carbocycles. The lowest BCUT2D eigenvalue weighted by atomic mass is 9.66. The van der Waals surface area contributed by atoms with E-state index < -0.39 is 5.92 Å². The van der Waals surface area contributed by atoms with E-state index in [1.54, 1.807) is 12.1 Å². The number of benzene rings is 1. The fourth-order valence-electron chi connectivity index (χ4n) is 3.70. The first-order chi connectivity index (χ1) is 11.2. The maximum atomic E-state index is 12.9. The van der Waals surface area contributed by atoms with E-state index in [2.05, 4.69) is 17.5 Å². The highest BCUT2D eigenvalue weighted by molar-refractivity contribution is 6.35. The summed E-state index contributed by atoms with van der Waals surface area (Å²) >= 11 is 12.4. The van der Waals surface area contributed by atoms with Crippen molar-refractivity contribution in [3.05, 3.63) is 56.9 Å². The number of allylic oxidation sites excluding steroid dienone is 4. The molecule has 0 radical (unpaired) electrons. The zero-order chi connectivity index (χ0) is 17.6. The Kier molecular flexibility index (Phi) is 4.23. The van der Waals surface area contributed by atoms with Crippen molar-refractivity contribution >= 4 is 29.0 Å². The van der Waals surface area contributed by atoms with E-state index in [0.29, 0.717) is 22.0 Å². The molecule has 24 heavy (non-hydrogen) atoms. The fraction of sp³-hybridized carbons (Fsp3) is 0.368. The number of nitrogens with one attached hydrogen (secondary N) is 1. The van der Waals surface area contributed by atoms with Gasteiger partial charge < -0.3 is 5.32 Å². The molecule has 0 spiro atoms. The van der Waals surface area contributed by atoms with Crippen molar-refractivity contribution in [3.63, 3.8) is 0 Å². The van der Waals surface area contributed by atoms with Crippen molar-refractivity contribution in [1.82, 2.24) is 5.32 Å². The molecule has 0 fully saturated rings. The SMILES string of the molecule is CC1=C(C#N)C(c2ccc(Cl)cc2Cl)C2C(=O)CC(C)(C)C=C2N1. The van der Waals surface area contributed by atoms with Crippen LogP contribution in [0.15, 0.2) is 41.2 Å². The smallest absolute Gasteiger partial charge is 0.143 e. The Balaban J connectivity index is 2.23. The lowest BCUT2D eigenvalue weighted by Gasteiger charge is -2.40. The van der Waals surface area contributed by atoms with Crippen molar-refractivity contribution in [2.45, 2.75) is 33.1 Å². The average molecular weight is 361 g/mol. The van der Waals surface area contributed by atoms with Crippen molar-refractivity contribution in [2.24, 2.45) is 11.3 Å². The van der Waals surface area contributed by atoms with Gasteiger partial charge in [0.05, 0.1) is 17.6 Å². The first-order valence-corrected chi connectivity index (χ1v) is 8.57. The maximum Gasteiger partial charge on any atom is 0.143 e. The molecule has 124 valence electrons. The van der Waals surface area contributed by atoms with Crippen molar-refractivity contribution in [2.75, 3.05) is 0 Å². The van der Waals surface area contributed by atoms with Crippen LogP contribution in [0.25, 0.3) is 0 Å². The minimum absolute atomic E-state index is 0.126. The molecular weight excluding hydrogens is 343 g/mol. The van der Waals surface area contributed by atoms with Gasteiger partial charge in [0.25, 0.3) is 0 Å². The maximum absolute atomic E-state index is 12.9. The van der Waals surface area contributed by atoms with Crippen LogP contribution in [0.5, 0.6) is 0 Å². The standard InChI is InChI=1S/C19H18Cl2N2O/c1-10-13(9-22)17(12-5-4-11(20)6-14(12)21)18-15(23-10)7-19(2,3)8-16(18)24/h4-7,17-18,23H,8H2,1-3H3. The zero-order valence-electron chi connectivity index (χ0n) is 13.8. The van der Waals surface area contributed by atoms with Gasteiger partial charge in [0.15, 0.2) is 0 Å². The minimum atomic E-state index is -0.407. The van der Waals surface area contributed by atoms with Crippen LogP contribution in [0, 0.1) is 22.7 Å². The second-order valence-corrected chi connectivity index (χ2v) is 7.97. The summed E-state index contributed by atoms with van der Waals surface area (Å²) in [6.45, 7) is 5.94. The van der Waals surface area contributed by atoms with E-state index >= 15 is 0 Å². The van der Waals surface area contributed by atoms with Crippen LogP contribution in [-0.2, 0) is 4.79 Å². The summed E-state index contributed by atoms with van der Waals surface area (Å²) in [5.74, 6) is -0.660. The molecule has 2 aliphatic rings. The Morgan fingerprint density at radius 1 is 1.29 bits per heavy atom. The number of carbonyl (C=O) groups is 1. The van der Waals surface area contributed by atoms with Crippen LogP contribution in [0.3, 0.4) is 0 Å². The quantitative estimate of drug-likeness (QED) is 0.768. The number of hydrogen-bond donors (Lipinski definition) is 1. The van der Waals surface area contributed by atoms with E-state index in [1.807, 2.05) is 26.8 Å². The van der Waals surface area contributed by atoms with Gasteiger partial charge in [0, 0.05) is 33.8 Å². The van der Waals surface area contributed by atoms with E-state index in [9.17, 15) is 10.1 Å². The van der Waals surface area contributed by atoms with Crippen LogP contribution in [0.1, 0.15) is 38.7 Å². The van der Waals surface area contributed by atoms with Gasteiger partial charge in [0.2, 0.25) is 0 Å². The molecule has 3 nitrogen and oxygen atoms in total. The zero-order valence-corrected chi connectivity index (χ0v) is 15.3. The van der Waals surface area contributed by atoms with Gasteiger partial charge in [-0.05, 0) is 30.0 Å². The summed E-state index contributed by atoms with van der Waals surface area (Å²) < 4.78 is 0. The molecule has 1 heterocycles. The van der Waals surface area contributed by atoms with Crippen molar-refractivity contribution < 1.29 is 4.79 Å². The van der Waals surface area contributed by atoms with Gasteiger partial charge >= 0.3 is 0 Å². The largest absolute Gasteiger partial charge is 0.361 e. The molecule has 0 saturated carbocycles. The summed E-state index contributed by atoms with van der Waals surface area (Å²) in [6, 6.07) is 7.48. The van der Waals surface area contributed by atoms with Crippen LogP contribution >= 0.6 is 23.2 Å². The third-order valence-corrected chi connectivity index (χ3v) is 5.22. The molecule has 2 atom stereocenters. The molecule has 1 aromatic carbocycles. The van der Waals surface area contributed by atoms with E-state index in [4.69, 9.17) is 23.2 Å². The highest BCUT2D eigenvalue weighted by Gasteiger charge is 2.44. The Morgan fingerprint density at radius 2 is 2.00 bits per heavy atom. The molecule has 0 amide bonds. The number of Topliss-reactive ketones (excluding diaryl/α,β-unsaturated/α-hetero) is 1. The van der Waals surface area contributed by atoms with Crippen LogP contribution in [0.2, 0.25) is 10.0 Å². The molecule has 3 rings (SSSR count). The summed E-state index contributed by atoms with van der Waals surface area (Å²) in [5, 5.41) is 13.9. The Hall–Kier alpha value is -1.76.